The Balaban J connectivity index is 1.74. The zero-order valence-electron chi connectivity index (χ0n) is 42.6. The molecule has 2 aliphatic heterocycles. The molecule has 0 unspecified atom stereocenters. The van der Waals surface area contributed by atoms with Crippen molar-refractivity contribution in [2.75, 3.05) is 39.4 Å². The van der Waals surface area contributed by atoms with E-state index >= 15 is 0 Å². The second-order valence-electron chi connectivity index (χ2n) is 19.1. The number of nitrogens with zero attached hydrogens (tertiary/aromatic N) is 2. The first-order valence-corrected chi connectivity index (χ1v) is 24.7. The molecule has 75 heavy (non-hydrogen) atoms. The molecule has 0 aromatic heterocycles. The van der Waals surface area contributed by atoms with Crippen LogP contribution in [0.2, 0.25) is 0 Å². The Morgan fingerprint density at radius 1 is 0.680 bits per heavy atom. The highest BCUT2D eigenvalue weighted by Crippen LogP contribution is 2.20. The summed E-state index contributed by atoms with van der Waals surface area (Å²) in [7, 11) is 0. The Labute approximate surface area is 433 Å². The van der Waals surface area contributed by atoms with E-state index in [1.165, 1.54) is 29.2 Å². The number of rotatable bonds is 30. The molecule has 11 amide bonds. The van der Waals surface area contributed by atoms with Crippen molar-refractivity contribution >= 4 is 70.9 Å². The Morgan fingerprint density at radius 3 is 1.75 bits per heavy atom. The SMILES string of the molecule is CC(C)C[C@H](NC(=O)CNC(=O)[C@H](Cc1ccc(O)cc1)NC(=O)[C@H](CO)NC(=O)[C@H](CO)NC(=O)[C@H](CC(C)C)NC(=O)[C@@H]1CCC(=O)N1)C(=O)N[C@@H](CCCN=C(N)N)C(=O)N1CCC[C@H]1C(=O)NCC(N)=O. The van der Waals surface area contributed by atoms with E-state index in [0.717, 1.165) is 0 Å². The molecule has 3 rings (SSSR count). The Hall–Kier alpha value is -7.62. The predicted molar refractivity (Wildman–Crippen MR) is 268 cm³/mol. The third kappa shape index (κ3) is 21.0. The number of aromatic hydroxyl groups is 1. The van der Waals surface area contributed by atoms with E-state index in [0.29, 0.717) is 12.0 Å². The van der Waals surface area contributed by atoms with Crippen LogP contribution in [-0.2, 0) is 59.2 Å². The van der Waals surface area contributed by atoms with Gasteiger partial charge in [-0.25, -0.2) is 0 Å². The Kier molecular flexibility index (Phi) is 25.1. The number of aliphatic hydroxyl groups excluding tert-OH is 2. The molecule has 1 aromatic rings. The number of aliphatic hydroxyl groups is 2. The largest absolute Gasteiger partial charge is 0.508 e. The van der Waals surface area contributed by atoms with Crippen molar-refractivity contribution in [3.05, 3.63) is 29.8 Å². The van der Waals surface area contributed by atoms with Crippen molar-refractivity contribution in [2.45, 2.75) is 134 Å². The lowest BCUT2D eigenvalue weighted by molar-refractivity contribution is -0.142. The number of likely N-dealkylation sites (tertiary alicyclic amines) is 1. The molecule has 2 aliphatic rings. The summed E-state index contributed by atoms with van der Waals surface area (Å²) in [5.74, 6) is -9.25. The van der Waals surface area contributed by atoms with Gasteiger partial charge in [0, 0.05) is 25.9 Å². The van der Waals surface area contributed by atoms with E-state index in [-0.39, 0.29) is 93.9 Å². The van der Waals surface area contributed by atoms with Crippen LogP contribution in [0.3, 0.4) is 0 Å². The van der Waals surface area contributed by atoms with Crippen molar-refractivity contribution < 1.29 is 68.1 Å². The molecule has 416 valence electrons. The number of nitrogens with two attached hydrogens (primary N) is 3. The van der Waals surface area contributed by atoms with Gasteiger partial charge in [0.25, 0.3) is 0 Å². The first-order valence-electron chi connectivity index (χ1n) is 24.7. The van der Waals surface area contributed by atoms with Gasteiger partial charge in [0.05, 0.1) is 26.3 Å². The first kappa shape index (κ1) is 61.7. The topological polar surface area (TPSA) is 450 Å². The van der Waals surface area contributed by atoms with Gasteiger partial charge in [0.15, 0.2) is 5.96 Å². The maximum Gasteiger partial charge on any atom is 0.245 e. The number of carbonyl (C=O) groups is 11. The van der Waals surface area contributed by atoms with E-state index in [4.69, 9.17) is 17.2 Å². The van der Waals surface area contributed by atoms with E-state index in [1.807, 2.05) is 0 Å². The van der Waals surface area contributed by atoms with Crippen molar-refractivity contribution in [1.29, 1.82) is 0 Å². The fraction of sp³-hybridized carbons (Fsp3) is 0.617. The third-order valence-corrected chi connectivity index (χ3v) is 11.9. The molecule has 2 saturated heterocycles. The van der Waals surface area contributed by atoms with Crippen LogP contribution < -0.4 is 65.1 Å². The van der Waals surface area contributed by atoms with Crippen LogP contribution in [-0.4, -0.2) is 179 Å². The minimum absolute atomic E-state index is 0.0171. The lowest BCUT2D eigenvalue weighted by Crippen LogP contribution is -2.60. The molecule has 28 heteroatoms. The molecule has 1 aromatic carbocycles. The highest BCUT2D eigenvalue weighted by molar-refractivity contribution is 5.98. The van der Waals surface area contributed by atoms with Crippen LogP contribution >= 0.6 is 0 Å². The normalized spacial score (nSPS) is 17.4. The molecular weight excluding hydrogens is 985 g/mol. The van der Waals surface area contributed by atoms with Crippen LogP contribution in [0, 0.1) is 11.8 Å². The molecule has 0 saturated carbocycles. The van der Waals surface area contributed by atoms with Gasteiger partial charge in [-0.2, -0.15) is 0 Å². The highest BCUT2D eigenvalue weighted by Gasteiger charge is 2.39. The Bertz CT molecular complexity index is 2220. The summed E-state index contributed by atoms with van der Waals surface area (Å²) < 4.78 is 0. The quantitative estimate of drug-likeness (QED) is 0.0194. The average Bonchev–Trinajstić information content (AvgIpc) is 4.03. The van der Waals surface area contributed by atoms with Gasteiger partial charge >= 0.3 is 0 Å². The summed E-state index contributed by atoms with van der Waals surface area (Å²) in [6.07, 6.45) is 1.22. The molecule has 0 spiro atoms. The summed E-state index contributed by atoms with van der Waals surface area (Å²) in [5.41, 5.74) is 16.5. The number of hydrogen-bond donors (Lipinski definition) is 15. The van der Waals surface area contributed by atoms with E-state index in [1.54, 1.807) is 27.7 Å². The summed E-state index contributed by atoms with van der Waals surface area (Å²) in [6.45, 7) is 4.15. The number of hydrogen-bond acceptors (Lipinski definition) is 15. The van der Waals surface area contributed by atoms with Crippen molar-refractivity contribution in [1.82, 2.24) is 52.8 Å². The van der Waals surface area contributed by atoms with Gasteiger partial charge in [-0.15, -0.1) is 0 Å². The van der Waals surface area contributed by atoms with Crippen molar-refractivity contribution in [3.63, 3.8) is 0 Å². The van der Waals surface area contributed by atoms with Gasteiger partial charge in [-0.3, -0.25) is 57.7 Å². The Morgan fingerprint density at radius 2 is 1.23 bits per heavy atom. The minimum atomic E-state index is -1.77. The molecule has 18 N–H and O–H groups in total. The van der Waals surface area contributed by atoms with Gasteiger partial charge in [0.1, 0.15) is 54.1 Å². The van der Waals surface area contributed by atoms with Crippen LogP contribution in [0.5, 0.6) is 5.75 Å². The number of phenolic OH excluding ortho intramolecular Hbond substituents is 1. The van der Waals surface area contributed by atoms with Crippen LogP contribution in [0.15, 0.2) is 29.3 Å². The van der Waals surface area contributed by atoms with Crippen molar-refractivity contribution in [3.8, 4) is 5.75 Å². The number of phenols is 1. The summed E-state index contributed by atoms with van der Waals surface area (Å²) >= 11 is 0. The molecule has 0 aliphatic carbocycles. The molecule has 2 fully saturated rings. The molecular formula is C47H74N14O14. The minimum Gasteiger partial charge on any atom is -0.508 e. The van der Waals surface area contributed by atoms with Gasteiger partial charge < -0.3 is 85.3 Å². The molecule has 0 bridgehead atoms. The maximum absolute atomic E-state index is 14.0. The fourth-order valence-corrected chi connectivity index (χ4v) is 8.14. The first-order chi connectivity index (χ1) is 35.4. The van der Waals surface area contributed by atoms with Crippen LogP contribution in [0.25, 0.3) is 0 Å². The third-order valence-electron chi connectivity index (χ3n) is 11.9. The zero-order chi connectivity index (χ0) is 55.9. The smallest absolute Gasteiger partial charge is 0.245 e. The van der Waals surface area contributed by atoms with Crippen LogP contribution in [0.1, 0.15) is 84.6 Å². The van der Waals surface area contributed by atoms with Gasteiger partial charge in [0.2, 0.25) is 65.0 Å². The highest BCUT2D eigenvalue weighted by atomic mass is 16.3. The number of guanidine groups is 1. The standard InChI is InChI=1S/C47H74N14O14/c1-24(2)17-30(41(70)56-29(7-5-15-51-47(49)50)46(75)61-16-6-8-35(61)45(74)52-20-36(48)65)55-38(67)21-53-39(68)32(19-26-9-11-27(64)12-10-26)58-43(72)33(22-62)60-44(73)34(23-63)59-42(71)31(18-25(3)4)57-40(69)28-13-14-37(66)54-28/h9-12,24-25,28-35,62-64H,5-8,13-23H2,1-4H3,(H2,48,65)(H,52,74)(H,53,68)(H,54,66)(H,55,67)(H,56,70)(H,57,69)(H,58,72)(H,59,71)(H,60,73)(H4,49,50,51)/t28-,29-,30-,31-,32-,33-,34-,35-/m0/s1. The lowest BCUT2D eigenvalue weighted by atomic mass is 10.0. The number of aliphatic imine (C=N–C) groups is 1. The molecule has 2 heterocycles. The van der Waals surface area contributed by atoms with Gasteiger partial charge in [-0.1, -0.05) is 39.8 Å². The van der Waals surface area contributed by atoms with E-state index < -0.39 is 134 Å². The van der Waals surface area contributed by atoms with Crippen molar-refractivity contribution in [2.24, 2.45) is 34.0 Å². The predicted octanol–water partition coefficient (Wildman–Crippen LogP) is -6.04. The number of benzene rings is 1. The van der Waals surface area contributed by atoms with Crippen LogP contribution in [0.4, 0.5) is 0 Å². The molecule has 8 atom stereocenters. The number of amides is 11. The number of carbonyl (C=O) groups excluding carboxylic acids is 11. The second kappa shape index (κ2) is 30.5. The van der Waals surface area contributed by atoms with Gasteiger partial charge in [-0.05, 0) is 74.5 Å². The fourth-order valence-electron chi connectivity index (χ4n) is 8.14. The second-order valence-corrected chi connectivity index (χ2v) is 19.1. The van der Waals surface area contributed by atoms with E-state index in [2.05, 4.69) is 52.8 Å². The summed E-state index contributed by atoms with van der Waals surface area (Å²) in [5, 5.41) is 52.3. The number of primary amides is 1. The monoisotopic (exact) mass is 1060 g/mol. The zero-order valence-corrected chi connectivity index (χ0v) is 42.6. The van der Waals surface area contributed by atoms with E-state index in [9.17, 15) is 68.1 Å². The lowest BCUT2D eigenvalue weighted by Gasteiger charge is -2.30. The molecule has 0 radical (unpaired) electrons. The summed E-state index contributed by atoms with van der Waals surface area (Å²) in [6, 6.07) is -4.93. The molecule has 28 nitrogen and oxygen atoms in total. The summed E-state index contributed by atoms with van der Waals surface area (Å²) in [4.78, 5) is 150. The average molecular weight is 1060 g/mol. The maximum atomic E-state index is 14.0. The number of nitrogens with one attached hydrogen (secondary N) is 9.